The van der Waals surface area contributed by atoms with Crippen LogP contribution in [-0.2, 0) is 4.79 Å². The van der Waals surface area contributed by atoms with Gasteiger partial charge in [-0.2, -0.15) is 0 Å². The first kappa shape index (κ1) is 11.7. The largest absolute Gasteiger partial charge is 0.399 e. The van der Waals surface area contributed by atoms with Gasteiger partial charge in [0, 0.05) is 24.4 Å². The number of carbonyl (C=O) groups excluding carboxylic acids is 1. The number of carbonyl (C=O) groups is 1. The van der Waals surface area contributed by atoms with Crippen LogP contribution in [0.5, 0.6) is 0 Å². The van der Waals surface area contributed by atoms with Gasteiger partial charge in [-0.15, -0.1) is 0 Å². The third-order valence-electron chi connectivity index (χ3n) is 2.97. The van der Waals surface area contributed by atoms with Crippen LogP contribution >= 0.6 is 0 Å². The second kappa shape index (κ2) is 5.04. The highest BCUT2D eigenvalue weighted by molar-refractivity contribution is 5.92. The summed E-state index contributed by atoms with van der Waals surface area (Å²) in [6.07, 6.45) is 5.78. The van der Waals surface area contributed by atoms with Crippen molar-refractivity contribution in [2.75, 3.05) is 12.3 Å². The van der Waals surface area contributed by atoms with E-state index in [-0.39, 0.29) is 5.91 Å². The standard InChI is InChI=1S/C14H18N2O/c1-2-16(13-8-9-13)14(17)10-5-11-3-6-12(15)7-4-11/h3-7,10,13H,2,8-9,15H2,1H3/b10-5+. The molecule has 3 heteroatoms. The number of amides is 1. The average Bonchev–Trinajstić information content (AvgIpc) is 3.14. The molecule has 1 saturated carbocycles. The third kappa shape index (κ3) is 3.09. The molecule has 1 aliphatic rings. The average molecular weight is 230 g/mol. The van der Waals surface area contributed by atoms with Gasteiger partial charge in [-0.05, 0) is 43.5 Å². The van der Waals surface area contributed by atoms with Gasteiger partial charge in [0.05, 0.1) is 0 Å². The van der Waals surface area contributed by atoms with Gasteiger partial charge in [-0.3, -0.25) is 4.79 Å². The predicted octanol–water partition coefficient (Wildman–Crippen LogP) is 2.29. The van der Waals surface area contributed by atoms with Crippen LogP contribution in [0, 0.1) is 0 Å². The Kier molecular flexibility index (Phi) is 3.47. The topological polar surface area (TPSA) is 46.3 Å². The fourth-order valence-electron chi connectivity index (χ4n) is 1.85. The molecule has 1 aliphatic carbocycles. The Morgan fingerprint density at radius 1 is 1.41 bits per heavy atom. The van der Waals surface area contributed by atoms with Gasteiger partial charge >= 0.3 is 0 Å². The molecule has 1 fully saturated rings. The Bertz CT molecular complexity index is 418. The predicted molar refractivity (Wildman–Crippen MR) is 70.3 cm³/mol. The maximum atomic E-state index is 11.9. The number of benzene rings is 1. The van der Waals surface area contributed by atoms with Gasteiger partial charge in [0.25, 0.3) is 0 Å². The summed E-state index contributed by atoms with van der Waals surface area (Å²) in [6.45, 7) is 2.81. The number of nitrogens with two attached hydrogens (primary N) is 1. The first-order chi connectivity index (χ1) is 8.20. The summed E-state index contributed by atoms with van der Waals surface area (Å²) in [5.74, 6) is 0.104. The summed E-state index contributed by atoms with van der Waals surface area (Å²) in [4.78, 5) is 13.8. The van der Waals surface area contributed by atoms with Crippen molar-refractivity contribution in [3.8, 4) is 0 Å². The van der Waals surface area contributed by atoms with Gasteiger partial charge in [0.1, 0.15) is 0 Å². The molecule has 0 heterocycles. The fraction of sp³-hybridized carbons (Fsp3) is 0.357. The normalized spacial score (nSPS) is 15.1. The van der Waals surface area contributed by atoms with Crippen LogP contribution in [-0.4, -0.2) is 23.4 Å². The Hall–Kier alpha value is -1.77. The molecule has 0 unspecified atom stereocenters. The molecule has 2 N–H and O–H groups in total. The zero-order valence-corrected chi connectivity index (χ0v) is 10.1. The Balaban J connectivity index is 1.99. The van der Waals surface area contributed by atoms with Gasteiger partial charge in [-0.1, -0.05) is 12.1 Å². The van der Waals surface area contributed by atoms with E-state index in [9.17, 15) is 4.79 Å². The van der Waals surface area contributed by atoms with E-state index in [0.717, 1.165) is 30.6 Å². The highest BCUT2D eigenvalue weighted by Gasteiger charge is 2.30. The van der Waals surface area contributed by atoms with Crippen molar-refractivity contribution in [3.05, 3.63) is 35.9 Å². The summed E-state index contributed by atoms with van der Waals surface area (Å²) in [6, 6.07) is 7.97. The van der Waals surface area contributed by atoms with E-state index < -0.39 is 0 Å². The van der Waals surface area contributed by atoms with E-state index in [4.69, 9.17) is 5.73 Å². The van der Waals surface area contributed by atoms with Crippen LogP contribution in [0.25, 0.3) is 6.08 Å². The molecule has 3 nitrogen and oxygen atoms in total. The molecule has 0 bridgehead atoms. The zero-order chi connectivity index (χ0) is 12.3. The Morgan fingerprint density at radius 3 is 2.59 bits per heavy atom. The van der Waals surface area contributed by atoms with Crippen LogP contribution in [0.15, 0.2) is 30.3 Å². The van der Waals surface area contributed by atoms with Crippen molar-refractivity contribution >= 4 is 17.7 Å². The second-order valence-corrected chi connectivity index (χ2v) is 4.36. The monoisotopic (exact) mass is 230 g/mol. The Morgan fingerprint density at radius 2 is 2.06 bits per heavy atom. The number of likely N-dealkylation sites (N-methyl/N-ethyl adjacent to an activating group) is 1. The number of hydrogen-bond donors (Lipinski definition) is 1. The molecule has 2 rings (SSSR count). The number of anilines is 1. The van der Waals surface area contributed by atoms with E-state index >= 15 is 0 Å². The van der Waals surface area contributed by atoms with E-state index in [0.29, 0.717) is 6.04 Å². The third-order valence-corrected chi connectivity index (χ3v) is 2.97. The summed E-state index contributed by atoms with van der Waals surface area (Å²) in [7, 11) is 0. The van der Waals surface area contributed by atoms with E-state index in [1.807, 2.05) is 42.2 Å². The molecular formula is C14H18N2O. The maximum absolute atomic E-state index is 11.9. The molecular weight excluding hydrogens is 212 g/mol. The molecule has 0 saturated heterocycles. The molecule has 0 aromatic heterocycles. The first-order valence-corrected chi connectivity index (χ1v) is 6.05. The molecule has 90 valence electrons. The van der Waals surface area contributed by atoms with Gasteiger partial charge in [-0.25, -0.2) is 0 Å². The molecule has 1 aromatic carbocycles. The SMILES string of the molecule is CCN(C(=O)/C=C/c1ccc(N)cc1)C1CC1. The van der Waals surface area contributed by atoms with Gasteiger partial charge in [0.15, 0.2) is 0 Å². The molecule has 0 radical (unpaired) electrons. The minimum Gasteiger partial charge on any atom is -0.399 e. The molecule has 1 aromatic rings. The van der Waals surface area contributed by atoms with Crippen molar-refractivity contribution in [1.29, 1.82) is 0 Å². The van der Waals surface area contributed by atoms with E-state index in [1.54, 1.807) is 6.08 Å². The lowest BCUT2D eigenvalue weighted by atomic mass is 10.2. The van der Waals surface area contributed by atoms with Gasteiger partial charge in [0.2, 0.25) is 5.91 Å². The van der Waals surface area contributed by atoms with Gasteiger partial charge < -0.3 is 10.6 Å². The number of nitrogen functional groups attached to an aromatic ring is 1. The lowest BCUT2D eigenvalue weighted by Crippen LogP contribution is -2.31. The maximum Gasteiger partial charge on any atom is 0.246 e. The first-order valence-electron chi connectivity index (χ1n) is 6.05. The van der Waals surface area contributed by atoms with Crippen LogP contribution in [0.3, 0.4) is 0 Å². The Labute approximate surface area is 102 Å². The van der Waals surface area contributed by atoms with Crippen molar-refractivity contribution in [2.24, 2.45) is 0 Å². The minimum absolute atomic E-state index is 0.104. The van der Waals surface area contributed by atoms with Crippen molar-refractivity contribution < 1.29 is 4.79 Å². The smallest absolute Gasteiger partial charge is 0.246 e. The van der Waals surface area contributed by atoms with Crippen molar-refractivity contribution in [1.82, 2.24) is 4.90 Å². The molecule has 0 aliphatic heterocycles. The summed E-state index contributed by atoms with van der Waals surface area (Å²) in [5, 5.41) is 0. The summed E-state index contributed by atoms with van der Waals surface area (Å²) in [5.41, 5.74) is 7.34. The highest BCUT2D eigenvalue weighted by atomic mass is 16.2. The van der Waals surface area contributed by atoms with Crippen molar-refractivity contribution in [2.45, 2.75) is 25.8 Å². The number of hydrogen-bond acceptors (Lipinski definition) is 2. The number of nitrogens with zero attached hydrogens (tertiary/aromatic N) is 1. The molecule has 0 spiro atoms. The fourth-order valence-corrected chi connectivity index (χ4v) is 1.85. The molecule has 0 atom stereocenters. The lowest BCUT2D eigenvalue weighted by Gasteiger charge is -2.17. The number of rotatable bonds is 4. The zero-order valence-electron chi connectivity index (χ0n) is 10.1. The van der Waals surface area contributed by atoms with Crippen LogP contribution in [0.1, 0.15) is 25.3 Å². The minimum atomic E-state index is 0.104. The summed E-state index contributed by atoms with van der Waals surface area (Å²) < 4.78 is 0. The van der Waals surface area contributed by atoms with Crippen LogP contribution < -0.4 is 5.73 Å². The van der Waals surface area contributed by atoms with E-state index in [2.05, 4.69) is 0 Å². The molecule has 17 heavy (non-hydrogen) atoms. The van der Waals surface area contributed by atoms with Crippen LogP contribution in [0.4, 0.5) is 5.69 Å². The second-order valence-electron chi connectivity index (χ2n) is 4.36. The highest BCUT2D eigenvalue weighted by Crippen LogP contribution is 2.26. The lowest BCUT2D eigenvalue weighted by molar-refractivity contribution is -0.126. The summed E-state index contributed by atoms with van der Waals surface area (Å²) >= 11 is 0. The van der Waals surface area contributed by atoms with E-state index in [1.165, 1.54) is 0 Å². The molecule has 1 amide bonds. The van der Waals surface area contributed by atoms with Crippen LogP contribution in [0.2, 0.25) is 0 Å². The quantitative estimate of drug-likeness (QED) is 0.637. The van der Waals surface area contributed by atoms with Crippen molar-refractivity contribution in [3.63, 3.8) is 0 Å².